The Morgan fingerprint density at radius 3 is 2.11 bits per heavy atom. The molecular weight excluding hydrogens is 370 g/mol. The Morgan fingerprint density at radius 2 is 1.59 bits per heavy atom. The van der Waals surface area contributed by atoms with Crippen LogP contribution in [0.5, 0.6) is 0 Å². The number of benzene rings is 2. The Balaban J connectivity index is 1.66. The molecule has 0 N–H and O–H groups in total. The highest BCUT2D eigenvalue weighted by atomic mass is 32.2. The molecule has 0 aliphatic carbocycles. The van der Waals surface area contributed by atoms with Crippen LogP contribution in [0.25, 0.3) is 0 Å². The lowest BCUT2D eigenvalue weighted by molar-refractivity contribution is 0.235. The first-order valence-corrected chi connectivity index (χ1v) is 10.5. The van der Waals surface area contributed by atoms with Crippen molar-refractivity contribution in [2.75, 3.05) is 32.1 Å². The number of hydrogen-bond acceptors (Lipinski definition) is 5. The number of nitrogens with zero attached hydrogens (tertiary/aromatic N) is 3. The minimum atomic E-state index is 0.0546. The first kappa shape index (κ1) is 20.3. The van der Waals surface area contributed by atoms with Crippen molar-refractivity contribution in [3.63, 3.8) is 0 Å². The quantitative estimate of drug-likeness (QED) is 0.408. The van der Waals surface area contributed by atoms with E-state index in [0.717, 1.165) is 24.5 Å². The first-order chi connectivity index (χ1) is 12.9. The Bertz CT molecular complexity index is 759. The molecule has 2 aromatic rings. The van der Waals surface area contributed by atoms with E-state index in [-0.39, 0.29) is 4.71 Å². The summed E-state index contributed by atoms with van der Waals surface area (Å²) in [5, 5.41) is 0. The van der Waals surface area contributed by atoms with E-state index in [4.69, 9.17) is 4.99 Å². The van der Waals surface area contributed by atoms with Crippen molar-refractivity contribution >= 4 is 42.3 Å². The number of likely N-dealkylation sites (tertiary alicyclic amines) is 1. The van der Waals surface area contributed by atoms with E-state index in [2.05, 4.69) is 90.5 Å². The molecule has 3 nitrogen and oxygen atoms in total. The average molecular weight is 400 g/mol. The van der Waals surface area contributed by atoms with Gasteiger partial charge in [-0.3, -0.25) is 9.89 Å². The topological polar surface area (TPSA) is 18.8 Å². The molecule has 1 aliphatic heterocycles. The van der Waals surface area contributed by atoms with E-state index in [1.54, 1.807) is 0 Å². The zero-order valence-corrected chi connectivity index (χ0v) is 18.1. The SMILES string of the molecule is CC(=Nc1ccc(N(C)C)cc1)c1ccc(C2CCN(C(S)S)CC2)cc1. The van der Waals surface area contributed by atoms with E-state index < -0.39 is 0 Å². The number of hydrogen-bond donors (Lipinski definition) is 2. The van der Waals surface area contributed by atoms with Crippen LogP contribution >= 0.6 is 25.3 Å². The van der Waals surface area contributed by atoms with E-state index in [1.807, 2.05) is 14.1 Å². The van der Waals surface area contributed by atoms with Crippen molar-refractivity contribution in [2.24, 2.45) is 4.99 Å². The van der Waals surface area contributed by atoms with Crippen LogP contribution < -0.4 is 4.90 Å². The molecule has 0 atom stereocenters. The smallest absolute Gasteiger partial charge is 0.0969 e. The molecule has 2 aromatic carbocycles. The van der Waals surface area contributed by atoms with Gasteiger partial charge in [-0.15, -0.1) is 25.3 Å². The molecule has 144 valence electrons. The van der Waals surface area contributed by atoms with Crippen molar-refractivity contribution in [3.05, 3.63) is 59.7 Å². The molecule has 0 spiro atoms. The summed E-state index contributed by atoms with van der Waals surface area (Å²) in [6.07, 6.45) is 2.34. The van der Waals surface area contributed by atoms with Crippen molar-refractivity contribution in [1.82, 2.24) is 4.90 Å². The monoisotopic (exact) mass is 399 g/mol. The predicted octanol–water partition coefficient (Wildman–Crippen LogP) is 5.22. The summed E-state index contributed by atoms with van der Waals surface area (Å²) in [5.74, 6) is 0.631. The minimum Gasteiger partial charge on any atom is -0.378 e. The van der Waals surface area contributed by atoms with Gasteiger partial charge in [-0.1, -0.05) is 24.3 Å². The van der Waals surface area contributed by atoms with Crippen LogP contribution in [0.15, 0.2) is 53.5 Å². The van der Waals surface area contributed by atoms with Gasteiger partial charge in [0, 0.05) is 38.6 Å². The lowest BCUT2D eigenvalue weighted by Crippen LogP contribution is -2.35. The zero-order valence-electron chi connectivity index (χ0n) is 16.3. The number of piperidine rings is 1. The summed E-state index contributed by atoms with van der Waals surface area (Å²) in [7, 11) is 4.09. The molecule has 0 bridgehead atoms. The Labute approximate surface area is 174 Å². The lowest BCUT2D eigenvalue weighted by Gasteiger charge is -2.33. The van der Waals surface area contributed by atoms with Gasteiger partial charge in [0.25, 0.3) is 0 Å². The standard InChI is InChI=1S/C22H29N3S2/c1-16(23-20-8-10-21(11-9-20)24(2)3)17-4-6-18(7-5-17)19-12-14-25(15-13-19)22(26)27/h4-11,19,22,26-27H,12-15H2,1-3H3. The summed E-state index contributed by atoms with van der Waals surface area (Å²) < 4.78 is 0.0546. The van der Waals surface area contributed by atoms with Crippen molar-refractivity contribution in [1.29, 1.82) is 0 Å². The maximum Gasteiger partial charge on any atom is 0.0969 e. The molecule has 0 unspecified atom stereocenters. The third-order valence-corrected chi connectivity index (χ3v) is 5.97. The predicted molar refractivity (Wildman–Crippen MR) is 124 cm³/mol. The van der Waals surface area contributed by atoms with Crippen molar-refractivity contribution in [3.8, 4) is 0 Å². The average Bonchev–Trinajstić information content (AvgIpc) is 2.68. The normalized spacial score (nSPS) is 16.7. The van der Waals surface area contributed by atoms with Crippen LogP contribution in [0.2, 0.25) is 0 Å². The summed E-state index contributed by atoms with van der Waals surface area (Å²) in [5.41, 5.74) is 5.82. The molecular formula is C22H29N3S2. The lowest BCUT2D eigenvalue weighted by atomic mass is 9.89. The molecule has 3 rings (SSSR count). The summed E-state index contributed by atoms with van der Waals surface area (Å²) in [6, 6.07) is 17.3. The molecule has 1 heterocycles. The van der Waals surface area contributed by atoms with Crippen LogP contribution in [0.3, 0.4) is 0 Å². The summed E-state index contributed by atoms with van der Waals surface area (Å²) in [4.78, 5) is 9.18. The number of anilines is 1. The fourth-order valence-corrected chi connectivity index (χ4v) is 4.01. The second-order valence-corrected chi connectivity index (χ2v) is 8.77. The van der Waals surface area contributed by atoms with Gasteiger partial charge in [-0.05, 0) is 61.1 Å². The van der Waals surface area contributed by atoms with Gasteiger partial charge in [0.05, 0.1) is 10.4 Å². The number of rotatable bonds is 5. The molecule has 0 saturated carbocycles. The van der Waals surface area contributed by atoms with Gasteiger partial charge in [0.2, 0.25) is 0 Å². The fourth-order valence-electron chi connectivity index (χ4n) is 3.54. The zero-order chi connectivity index (χ0) is 19.4. The van der Waals surface area contributed by atoms with Crippen LogP contribution in [-0.2, 0) is 0 Å². The molecule has 0 radical (unpaired) electrons. The maximum atomic E-state index is 4.78. The summed E-state index contributed by atoms with van der Waals surface area (Å²) in [6.45, 7) is 4.20. The first-order valence-electron chi connectivity index (χ1n) is 9.47. The van der Waals surface area contributed by atoms with Crippen molar-refractivity contribution in [2.45, 2.75) is 30.4 Å². The van der Waals surface area contributed by atoms with Crippen LogP contribution in [0.1, 0.15) is 36.8 Å². The minimum absolute atomic E-state index is 0.0546. The third-order valence-electron chi connectivity index (χ3n) is 5.32. The van der Waals surface area contributed by atoms with Gasteiger partial charge in [-0.2, -0.15) is 0 Å². The second kappa shape index (κ2) is 9.18. The number of aliphatic imine (C=N–C) groups is 1. The van der Waals surface area contributed by atoms with E-state index in [9.17, 15) is 0 Å². The largest absolute Gasteiger partial charge is 0.378 e. The fraction of sp³-hybridized carbons (Fsp3) is 0.409. The highest BCUT2D eigenvalue weighted by molar-refractivity contribution is 7.99. The van der Waals surface area contributed by atoms with Crippen LogP contribution in [0, 0.1) is 0 Å². The van der Waals surface area contributed by atoms with E-state index in [1.165, 1.54) is 29.7 Å². The Morgan fingerprint density at radius 1 is 1.00 bits per heavy atom. The molecule has 27 heavy (non-hydrogen) atoms. The second-order valence-electron chi connectivity index (χ2n) is 7.39. The molecule has 1 aliphatic rings. The summed E-state index contributed by atoms with van der Waals surface area (Å²) >= 11 is 8.85. The highest BCUT2D eigenvalue weighted by Gasteiger charge is 2.22. The van der Waals surface area contributed by atoms with Gasteiger partial charge in [0.1, 0.15) is 0 Å². The third kappa shape index (κ3) is 5.31. The van der Waals surface area contributed by atoms with Gasteiger partial charge in [0.15, 0.2) is 0 Å². The maximum absolute atomic E-state index is 4.78. The van der Waals surface area contributed by atoms with Gasteiger partial charge in [-0.25, -0.2) is 0 Å². The van der Waals surface area contributed by atoms with Gasteiger partial charge < -0.3 is 4.90 Å². The van der Waals surface area contributed by atoms with Crippen molar-refractivity contribution < 1.29 is 0 Å². The molecule has 1 fully saturated rings. The Hall–Kier alpha value is -1.43. The van der Waals surface area contributed by atoms with Gasteiger partial charge >= 0.3 is 0 Å². The van der Waals surface area contributed by atoms with Crippen LogP contribution in [-0.4, -0.2) is 42.5 Å². The molecule has 5 heteroatoms. The van der Waals surface area contributed by atoms with Crippen LogP contribution in [0.4, 0.5) is 11.4 Å². The van der Waals surface area contributed by atoms with E-state index >= 15 is 0 Å². The highest BCUT2D eigenvalue weighted by Crippen LogP contribution is 2.30. The molecule has 0 amide bonds. The Kier molecular flexibility index (Phi) is 6.90. The molecule has 1 saturated heterocycles. The van der Waals surface area contributed by atoms with E-state index in [0.29, 0.717) is 5.92 Å². The molecule has 0 aromatic heterocycles. The number of thiol groups is 2.